The van der Waals surface area contributed by atoms with Crippen molar-refractivity contribution in [2.24, 2.45) is 5.10 Å². The van der Waals surface area contributed by atoms with Crippen LogP contribution in [0.3, 0.4) is 0 Å². The molecule has 32 heavy (non-hydrogen) atoms. The van der Waals surface area contributed by atoms with Crippen LogP contribution >= 0.6 is 27.5 Å². The molecule has 166 valence electrons. The Kier molecular flexibility index (Phi) is 8.53. The molecule has 8 heteroatoms. The number of methoxy groups -OCH3 is 1. The second kappa shape index (κ2) is 11.5. The molecule has 0 saturated carbocycles. The van der Waals surface area contributed by atoms with Crippen LogP contribution in [0.1, 0.15) is 28.4 Å². The molecule has 0 fully saturated rings. The van der Waals surface area contributed by atoms with Gasteiger partial charge in [-0.1, -0.05) is 39.7 Å². The lowest BCUT2D eigenvalue weighted by molar-refractivity contribution is 0.0954. The number of carbonyl (C=O) groups excluding carboxylic acids is 1. The van der Waals surface area contributed by atoms with E-state index in [9.17, 15) is 4.79 Å². The van der Waals surface area contributed by atoms with Crippen LogP contribution in [0, 0.1) is 0 Å². The SMILES string of the molecule is CCOc1ccc(C(=O)N/N=C/c2cc(Br)ccc2OCc2cccc(Cl)c2)cc1OC. The third-order valence-corrected chi connectivity index (χ3v) is 5.08. The summed E-state index contributed by atoms with van der Waals surface area (Å²) in [5.41, 5.74) is 4.57. The quantitative estimate of drug-likeness (QED) is 0.285. The van der Waals surface area contributed by atoms with Crippen LogP contribution in [-0.4, -0.2) is 25.8 Å². The number of halogens is 2. The van der Waals surface area contributed by atoms with Crippen molar-refractivity contribution < 1.29 is 19.0 Å². The number of hydrazone groups is 1. The van der Waals surface area contributed by atoms with Gasteiger partial charge in [-0.05, 0) is 61.0 Å². The Balaban J connectivity index is 1.69. The van der Waals surface area contributed by atoms with E-state index in [4.69, 9.17) is 25.8 Å². The maximum absolute atomic E-state index is 12.5. The number of nitrogens with one attached hydrogen (secondary N) is 1. The van der Waals surface area contributed by atoms with Gasteiger partial charge < -0.3 is 14.2 Å². The molecule has 0 aliphatic carbocycles. The zero-order chi connectivity index (χ0) is 22.9. The number of hydrogen-bond acceptors (Lipinski definition) is 5. The highest BCUT2D eigenvalue weighted by molar-refractivity contribution is 9.10. The second-order valence-electron chi connectivity index (χ2n) is 6.60. The first-order valence-electron chi connectivity index (χ1n) is 9.81. The number of amides is 1. The molecule has 0 atom stereocenters. The Bertz CT molecular complexity index is 1120. The molecule has 0 radical (unpaired) electrons. The second-order valence-corrected chi connectivity index (χ2v) is 7.95. The van der Waals surface area contributed by atoms with Gasteiger partial charge in [-0.2, -0.15) is 5.10 Å². The monoisotopic (exact) mass is 516 g/mol. The minimum atomic E-state index is -0.376. The van der Waals surface area contributed by atoms with Crippen molar-refractivity contribution >= 4 is 39.7 Å². The highest BCUT2D eigenvalue weighted by Gasteiger charge is 2.11. The number of nitrogens with zero attached hydrogens (tertiary/aromatic N) is 1. The Morgan fingerprint density at radius 3 is 2.62 bits per heavy atom. The van der Waals surface area contributed by atoms with Gasteiger partial charge in [0.15, 0.2) is 11.5 Å². The molecule has 3 rings (SSSR count). The van der Waals surface area contributed by atoms with Crippen molar-refractivity contribution in [3.63, 3.8) is 0 Å². The maximum atomic E-state index is 12.5. The van der Waals surface area contributed by atoms with Gasteiger partial charge in [0.05, 0.1) is 19.9 Å². The summed E-state index contributed by atoms with van der Waals surface area (Å²) >= 11 is 9.48. The molecule has 0 aliphatic rings. The van der Waals surface area contributed by atoms with Crippen molar-refractivity contribution in [2.75, 3.05) is 13.7 Å². The Morgan fingerprint density at radius 1 is 1.06 bits per heavy atom. The fourth-order valence-corrected chi connectivity index (χ4v) is 3.44. The van der Waals surface area contributed by atoms with E-state index in [2.05, 4.69) is 26.5 Å². The summed E-state index contributed by atoms with van der Waals surface area (Å²) in [6, 6.07) is 18.0. The lowest BCUT2D eigenvalue weighted by Crippen LogP contribution is -2.17. The van der Waals surface area contributed by atoms with E-state index in [0.29, 0.717) is 46.6 Å². The maximum Gasteiger partial charge on any atom is 0.271 e. The van der Waals surface area contributed by atoms with Gasteiger partial charge >= 0.3 is 0 Å². The average molecular weight is 518 g/mol. The average Bonchev–Trinajstić information content (AvgIpc) is 2.79. The standard InChI is InChI=1S/C24H22BrClN2O4/c1-3-31-22-9-7-17(13-23(22)30-2)24(29)28-27-14-18-12-19(25)8-10-21(18)32-15-16-5-4-6-20(26)11-16/h4-14H,3,15H2,1-2H3,(H,28,29)/b27-14+. The van der Waals surface area contributed by atoms with E-state index in [1.165, 1.54) is 13.3 Å². The zero-order valence-corrected chi connectivity index (χ0v) is 19.9. The van der Waals surface area contributed by atoms with Crippen LogP contribution in [0.4, 0.5) is 0 Å². The largest absolute Gasteiger partial charge is 0.493 e. The minimum absolute atomic E-state index is 0.349. The van der Waals surface area contributed by atoms with Gasteiger partial charge in [0.1, 0.15) is 12.4 Å². The van der Waals surface area contributed by atoms with Crippen molar-refractivity contribution in [2.45, 2.75) is 13.5 Å². The van der Waals surface area contributed by atoms with Crippen LogP contribution in [0.2, 0.25) is 5.02 Å². The van der Waals surface area contributed by atoms with Gasteiger partial charge in [0, 0.05) is 20.6 Å². The third-order valence-electron chi connectivity index (χ3n) is 4.35. The molecule has 0 unspecified atom stereocenters. The third kappa shape index (κ3) is 6.48. The number of hydrogen-bond donors (Lipinski definition) is 1. The van der Waals surface area contributed by atoms with Crippen LogP contribution in [0.5, 0.6) is 17.2 Å². The number of ether oxygens (including phenoxy) is 3. The molecule has 0 saturated heterocycles. The Labute approximate surface area is 200 Å². The number of carbonyl (C=O) groups is 1. The van der Waals surface area contributed by atoms with E-state index < -0.39 is 0 Å². The van der Waals surface area contributed by atoms with Crippen molar-refractivity contribution in [1.82, 2.24) is 5.43 Å². The molecule has 1 amide bonds. The van der Waals surface area contributed by atoms with Gasteiger partial charge in [-0.3, -0.25) is 4.79 Å². The molecule has 6 nitrogen and oxygen atoms in total. The summed E-state index contributed by atoms with van der Waals surface area (Å²) in [4.78, 5) is 12.5. The van der Waals surface area contributed by atoms with E-state index >= 15 is 0 Å². The molecule has 0 spiro atoms. The summed E-state index contributed by atoms with van der Waals surface area (Å²) < 4.78 is 17.6. The minimum Gasteiger partial charge on any atom is -0.493 e. The van der Waals surface area contributed by atoms with E-state index in [-0.39, 0.29) is 5.91 Å². The first-order valence-corrected chi connectivity index (χ1v) is 11.0. The Morgan fingerprint density at radius 2 is 1.88 bits per heavy atom. The van der Waals surface area contributed by atoms with Gasteiger partial charge in [-0.25, -0.2) is 5.43 Å². The lowest BCUT2D eigenvalue weighted by atomic mass is 10.2. The van der Waals surface area contributed by atoms with Gasteiger partial charge in [0.2, 0.25) is 0 Å². The summed E-state index contributed by atoms with van der Waals surface area (Å²) in [5, 5.41) is 4.73. The van der Waals surface area contributed by atoms with Crippen molar-refractivity contribution in [3.05, 3.63) is 86.8 Å². The molecular weight excluding hydrogens is 496 g/mol. The molecular formula is C24H22BrClN2O4. The van der Waals surface area contributed by atoms with Crippen LogP contribution in [0.15, 0.2) is 70.2 Å². The highest BCUT2D eigenvalue weighted by atomic mass is 79.9. The molecule has 0 aliphatic heterocycles. The van der Waals surface area contributed by atoms with E-state index in [1.807, 2.05) is 49.4 Å². The first-order chi connectivity index (χ1) is 15.5. The fraction of sp³-hybridized carbons (Fsp3) is 0.167. The first kappa shape index (κ1) is 23.6. The number of rotatable bonds is 9. The lowest BCUT2D eigenvalue weighted by Gasteiger charge is -2.11. The molecule has 0 heterocycles. The Hall–Kier alpha value is -3.03. The summed E-state index contributed by atoms with van der Waals surface area (Å²) in [6.07, 6.45) is 1.53. The van der Waals surface area contributed by atoms with Crippen LogP contribution < -0.4 is 19.6 Å². The summed E-state index contributed by atoms with van der Waals surface area (Å²) in [6.45, 7) is 2.73. The van der Waals surface area contributed by atoms with Crippen LogP contribution in [-0.2, 0) is 6.61 Å². The summed E-state index contributed by atoms with van der Waals surface area (Å²) in [5.74, 6) is 1.30. The van der Waals surface area contributed by atoms with Crippen molar-refractivity contribution in [1.29, 1.82) is 0 Å². The summed E-state index contributed by atoms with van der Waals surface area (Å²) in [7, 11) is 1.52. The topological polar surface area (TPSA) is 69.2 Å². The predicted molar refractivity (Wildman–Crippen MR) is 129 cm³/mol. The van der Waals surface area contributed by atoms with Crippen molar-refractivity contribution in [3.8, 4) is 17.2 Å². The molecule has 1 N–H and O–H groups in total. The number of benzene rings is 3. The molecule has 0 aromatic heterocycles. The van der Waals surface area contributed by atoms with E-state index in [1.54, 1.807) is 18.2 Å². The van der Waals surface area contributed by atoms with E-state index in [0.717, 1.165) is 10.0 Å². The zero-order valence-electron chi connectivity index (χ0n) is 17.6. The highest BCUT2D eigenvalue weighted by Crippen LogP contribution is 2.28. The smallest absolute Gasteiger partial charge is 0.271 e. The van der Waals surface area contributed by atoms with Crippen LogP contribution in [0.25, 0.3) is 0 Å². The fourth-order valence-electron chi connectivity index (χ4n) is 2.85. The molecule has 3 aromatic rings. The predicted octanol–water partition coefficient (Wildman–Crippen LogP) is 5.85. The molecule has 3 aromatic carbocycles. The normalized spacial score (nSPS) is 10.8. The van der Waals surface area contributed by atoms with Gasteiger partial charge in [-0.15, -0.1) is 0 Å². The molecule has 0 bridgehead atoms. The van der Waals surface area contributed by atoms with Gasteiger partial charge in [0.25, 0.3) is 5.91 Å².